The highest BCUT2D eigenvalue weighted by Gasteiger charge is 2.06. The molecule has 0 amide bonds. The monoisotopic (exact) mass is 250 g/mol. The van der Waals surface area contributed by atoms with E-state index in [1.807, 2.05) is 0 Å². The first kappa shape index (κ1) is 11.7. The summed E-state index contributed by atoms with van der Waals surface area (Å²) in [6, 6.07) is 10.0. The van der Waals surface area contributed by atoms with Crippen LogP contribution in [0.1, 0.15) is 5.56 Å². The predicted molar refractivity (Wildman–Crippen MR) is 70.3 cm³/mol. The Morgan fingerprint density at radius 2 is 1.94 bits per heavy atom. The summed E-state index contributed by atoms with van der Waals surface area (Å²) >= 11 is 6.04. The van der Waals surface area contributed by atoms with Crippen molar-refractivity contribution >= 4 is 28.7 Å². The van der Waals surface area contributed by atoms with Gasteiger partial charge in [0.1, 0.15) is 5.82 Å². The summed E-state index contributed by atoms with van der Waals surface area (Å²) in [5.41, 5.74) is 8.15. The van der Waals surface area contributed by atoms with Gasteiger partial charge in [-0.2, -0.15) is 0 Å². The van der Waals surface area contributed by atoms with Crippen LogP contribution in [0, 0.1) is 12.7 Å². The first-order valence-electron chi connectivity index (χ1n) is 5.15. The molecule has 2 aromatic rings. The van der Waals surface area contributed by atoms with E-state index in [2.05, 4.69) is 5.32 Å². The predicted octanol–water partition coefficient (Wildman–Crippen LogP) is 4.11. The Balaban J connectivity index is 2.35. The zero-order chi connectivity index (χ0) is 12.4. The lowest BCUT2D eigenvalue weighted by Gasteiger charge is -2.11. The lowest BCUT2D eigenvalue weighted by molar-refractivity contribution is 0.619. The quantitative estimate of drug-likeness (QED) is 0.787. The third-order valence-electron chi connectivity index (χ3n) is 2.53. The van der Waals surface area contributed by atoms with E-state index in [0.29, 0.717) is 27.6 Å². The van der Waals surface area contributed by atoms with E-state index in [1.54, 1.807) is 37.3 Å². The van der Waals surface area contributed by atoms with Gasteiger partial charge in [-0.1, -0.05) is 17.7 Å². The minimum Gasteiger partial charge on any atom is -0.399 e. The largest absolute Gasteiger partial charge is 0.399 e. The molecule has 0 bridgehead atoms. The van der Waals surface area contributed by atoms with E-state index in [-0.39, 0.29) is 5.82 Å². The molecule has 17 heavy (non-hydrogen) atoms. The van der Waals surface area contributed by atoms with Crippen LogP contribution in [-0.4, -0.2) is 0 Å². The van der Waals surface area contributed by atoms with E-state index >= 15 is 0 Å². The molecule has 4 heteroatoms. The van der Waals surface area contributed by atoms with Gasteiger partial charge in [0.05, 0.1) is 10.7 Å². The highest BCUT2D eigenvalue weighted by Crippen LogP contribution is 2.29. The number of rotatable bonds is 2. The summed E-state index contributed by atoms with van der Waals surface area (Å²) in [5.74, 6) is -0.249. The molecule has 0 spiro atoms. The minimum absolute atomic E-state index is 0.249. The van der Waals surface area contributed by atoms with Crippen LogP contribution in [0.2, 0.25) is 5.02 Å². The molecule has 0 saturated heterocycles. The van der Waals surface area contributed by atoms with Crippen LogP contribution in [0.25, 0.3) is 0 Å². The first-order chi connectivity index (χ1) is 8.08. The van der Waals surface area contributed by atoms with E-state index < -0.39 is 0 Å². The van der Waals surface area contributed by atoms with Crippen LogP contribution in [-0.2, 0) is 0 Å². The van der Waals surface area contributed by atoms with Gasteiger partial charge in [-0.3, -0.25) is 0 Å². The van der Waals surface area contributed by atoms with Gasteiger partial charge in [0.15, 0.2) is 0 Å². The zero-order valence-electron chi connectivity index (χ0n) is 9.30. The van der Waals surface area contributed by atoms with Gasteiger partial charge >= 0.3 is 0 Å². The summed E-state index contributed by atoms with van der Waals surface area (Å²) < 4.78 is 13.4. The van der Waals surface area contributed by atoms with Crippen molar-refractivity contribution in [2.75, 3.05) is 11.1 Å². The topological polar surface area (TPSA) is 38.0 Å². The molecule has 0 aromatic heterocycles. The number of hydrogen-bond acceptors (Lipinski definition) is 2. The second-order valence-electron chi connectivity index (χ2n) is 3.78. The Bertz CT molecular complexity index is 555. The van der Waals surface area contributed by atoms with Crippen molar-refractivity contribution in [3.63, 3.8) is 0 Å². The molecule has 0 fully saturated rings. The van der Waals surface area contributed by atoms with Crippen molar-refractivity contribution in [3.05, 3.63) is 52.8 Å². The van der Waals surface area contributed by atoms with Gasteiger partial charge in [0.25, 0.3) is 0 Å². The zero-order valence-corrected chi connectivity index (χ0v) is 10.1. The molecule has 2 nitrogen and oxygen atoms in total. The molecule has 0 aliphatic carbocycles. The third kappa shape index (κ3) is 2.50. The minimum atomic E-state index is -0.249. The molecular formula is C13H12ClFN2. The van der Waals surface area contributed by atoms with Gasteiger partial charge in [-0.25, -0.2) is 4.39 Å². The number of anilines is 3. The fraction of sp³-hybridized carbons (Fsp3) is 0.0769. The summed E-state index contributed by atoms with van der Waals surface area (Å²) in [5, 5.41) is 3.59. The molecule has 0 heterocycles. The molecule has 2 rings (SSSR count). The van der Waals surface area contributed by atoms with Crippen molar-refractivity contribution in [2.45, 2.75) is 6.92 Å². The summed E-state index contributed by atoms with van der Waals surface area (Å²) in [4.78, 5) is 0. The maximum Gasteiger partial charge on any atom is 0.128 e. The standard InChI is InChI=1S/C13H12ClFN2/c1-8-11(15)3-2-4-12(8)17-13-6-5-9(16)7-10(13)14/h2-7,17H,16H2,1H3. The number of nitrogens with one attached hydrogen (secondary N) is 1. The molecular weight excluding hydrogens is 239 g/mol. The lowest BCUT2D eigenvalue weighted by atomic mass is 10.2. The molecule has 0 atom stereocenters. The Morgan fingerprint density at radius 3 is 2.65 bits per heavy atom. The normalized spacial score (nSPS) is 10.3. The third-order valence-corrected chi connectivity index (χ3v) is 2.84. The average Bonchev–Trinajstić information content (AvgIpc) is 2.28. The van der Waals surface area contributed by atoms with Crippen LogP contribution >= 0.6 is 11.6 Å². The van der Waals surface area contributed by atoms with E-state index in [9.17, 15) is 4.39 Å². The van der Waals surface area contributed by atoms with Crippen LogP contribution in [0.5, 0.6) is 0 Å². The van der Waals surface area contributed by atoms with Crippen LogP contribution in [0.4, 0.5) is 21.5 Å². The number of benzene rings is 2. The Hall–Kier alpha value is -1.74. The molecule has 0 saturated carbocycles. The molecule has 0 unspecified atom stereocenters. The number of halogens is 2. The second kappa shape index (κ2) is 4.63. The second-order valence-corrected chi connectivity index (χ2v) is 4.18. The molecule has 0 aliphatic heterocycles. The Labute approximate surface area is 104 Å². The average molecular weight is 251 g/mol. The fourth-order valence-corrected chi connectivity index (χ4v) is 1.76. The maximum absolute atomic E-state index is 13.4. The van der Waals surface area contributed by atoms with Gasteiger partial charge in [-0.15, -0.1) is 0 Å². The first-order valence-corrected chi connectivity index (χ1v) is 5.53. The smallest absolute Gasteiger partial charge is 0.128 e. The molecule has 88 valence electrons. The summed E-state index contributed by atoms with van der Waals surface area (Å²) in [7, 11) is 0. The van der Waals surface area contributed by atoms with Gasteiger partial charge in [0.2, 0.25) is 0 Å². The SMILES string of the molecule is Cc1c(F)cccc1Nc1ccc(N)cc1Cl. The van der Waals surface area contributed by atoms with Crippen LogP contribution < -0.4 is 11.1 Å². The molecule has 0 aliphatic rings. The summed E-state index contributed by atoms with van der Waals surface area (Å²) in [6.45, 7) is 1.71. The van der Waals surface area contributed by atoms with Crippen molar-refractivity contribution < 1.29 is 4.39 Å². The highest BCUT2D eigenvalue weighted by molar-refractivity contribution is 6.33. The van der Waals surface area contributed by atoms with Crippen molar-refractivity contribution in [3.8, 4) is 0 Å². The lowest BCUT2D eigenvalue weighted by Crippen LogP contribution is -1.96. The van der Waals surface area contributed by atoms with Gasteiger partial charge < -0.3 is 11.1 Å². The molecule has 3 N–H and O–H groups in total. The van der Waals surface area contributed by atoms with Crippen LogP contribution in [0.15, 0.2) is 36.4 Å². The number of nitrogen functional groups attached to an aromatic ring is 1. The fourth-order valence-electron chi connectivity index (χ4n) is 1.52. The van der Waals surface area contributed by atoms with E-state index in [0.717, 1.165) is 0 Å². The van der Waals surface area contributed by atoms with E-state index in [4.69, 9.17) is 17.3 Å². The van der Waals surface area contributed by atoms with Gasteiger partial charge in [-0.05, 0) is 37.3 Å². The Morgan fingerprint density at radius 1 is 1.18 bits per heavy atom. The number of hydrogen-bond donors (Lipinski definition) is 2. The van der Waals surface area contributed by atoms with Crippen molar-refractivity contribution in [1.82, 2.24) is 0 Å². The van der Waals surface area contributed by atoms with Crippen molar-refractivity contribution in [2.24, 2.45) is 0 Å². The highest BCUT2D eigenvalue weighted by atomic mass is 35.5. The Kier molecular flexibility index (Phi) is 3.20. The van der Waals surface area contributed by atoms with Crippen LogP contribution in [0.3, 0.4) is 0 Å². The van der Waals surface area contributed by atoms with Gasteiger partial charge in [0, 0.05) is 16.9 Å². The van der Waals surface area contributed by atoms with Crippen molar-refractivity contribution in [1.29, 1.82) is 0 Å². The molecule has 0 radical (unpaired) electrons. The summed E-state index contributed by atoms with van der Waals surface area (Å²) in [6.07, 6.45) is 0. The van der Waals surface area contributed by atoms with E-state index in [1.165, 1.54) is 6.07 Å². The number of nitrogens with two attached hydrogens (primary N) is 1. The maximum atomic E-state index is 13.4. The molecule has 2 aromatic carbocycles.